The highest BCUT2D eigenvalue weighted by atomic mass is 15.5. The van der Waals surface area contributed by atoms with Gasteiger partial charge in [-0.05, 0) is 46.9 Å². The zero-order valence-electron chi connectivity index (χ0n) is 11.0. The van der Waals surface area contributed by atoms with E-state index in [4.69, 9.17) is 0 Å². The summed E-state index contributed by atoms with van der Waals surface area (Å²) in [7, 11) is 0. The first kappa shape index (κ1) is 11.3. The maximum atomic E-state index is 4.24. The molecule has 4 heteroatoms. The number of aryl methyl sites for hydroxylation is 2. The molecule has 1 aliphatic heterocycles. The minimum Gasteiger partial charge on any atom is -0.193 e. The minimum atomic E-state index is 0.829. The fraction of sp³-hybridized carbons (Fsp3) is 0.188. The summed E-state index contributed by atoms with van der Waals surface area (Å²) in [6.45, 7) is 0. The summed E-state index contributed by atoms with van der Waals surface area (Å²) in [5.41, 5.74) is 4.84. The van der Waals surface area contributed by atoms with E-state index in [9.17, 15) is 0 Å². The SMILES string of the molecule is c1ccc2c(c1)CCCc1ccccc1-n1nnnc1-2. The Kier molecular flexibility index (Phi) is 2.59. The molecule has 1 aromatic heterocycles. The van der Waals surface area contributed by atoms with Crippen molar-refractivity contribution in [2.75, 3.05) is 0 Å². The standard InChI is InChI=1S/C16H14N4/c1-3-10-14-12(6-1)8-5-9-13-7-2-4-11-15(13)20-16(14)17-18-19-20/h1-4,6-7,10-11H,5,8-9H2. The lowest BCUT2D eigenvalue weighted by Gasteiger charge is -2.08. The van der Waals surface area contributed by atoms with Crippen LogP contribution < -0.4 is 0 Å². The quantitative estimate of drug-likeness (QED) is 0.625. The molecule has 0 spiro atoms. The van der Waals surface area contributed by atoms with Gasteiger partial charge in [0, 0.05) is 5.56 Å². The summed E-state index contributed by atoms with van der Waals surface area (Å²) in [4.78, 5) is 0. The van der Waals surface area contributed by atoms with Crippen LogP contribution in [0.1, 0.15) is 17.5 Å². The van der Waals surface area contributed by atoms with Gasteiger partial charge in [0.05, 0.1) is 5.69 Å². The van der Waals surface area contributed by atoms with Crippen LogP contribution >= 0.6 is 0 Å². The normalized spacial score (nSPS) is 13.4. The lowest BCUT2D eigenvalue weighted by Crippen LogP contribution is -2.03. The van der Waals surface area contributed by atoms with E-state index < -0.39 is 0 Å². The molecule has 0 N–H and O–H groups in total. The topological polar surface area (TPSA) is 43.6 Å². The Morgan fingerprint density at radius 3 is 2.55 bits per heavy atom. The van der Waals surface area contributed by atoms with Crippen molar-refractivity contribution < 1.29 is 0 Å². The van der Waals surface area contributed by atoms with E-state index in [0.29, 0.717) is 0 Å². The first-order chi connectivity index (χ1) is 9.93. The maximum Gasteiger partial charge on any atom is 0.187 e. The van der Waals surface area contributed by atoms with Crippen LogP contribution in [-0.2, 0) is 12.8 Å². The minimum absolute atomic E-state index is 0.829. The van der Waals surface area contributed by atoms with Crippen LogP contribution in [0, 0.1) is 0 Å². The summed E-state index contributed by atoms with van der Waals surface area (Å²) in [6, 6.07) is 16.8. The van der Waals surface area contributed by atoms with Crippen LogP contribution in [0.4, 0.5) is 0 Å². The van der Waals surface area contributed by atoms with Gasteiger partial charge in [0.25, 0.3) is 0 Å². The Bertz CT molecular complexity index is 698. The summed E-state index contributed by atoms with van der Waals surface area (Å²) in [5, 5.41) is 12.3. The molecule has 0 atom stereocenters. The zero-order chi connectivity index (χ0) is 13.4. The second-order valence-electron chi connectivity index (χ2n) is 5.05. The highest BCUT2D eigenvalue weighted by molar-refractivity contribution is 5.63. The molecular formula is C16H14N4. The third-order valence-corrected chi connectivity index (χ3v) is 3.84. The predicted octanol–water partition coefficient (Wildman–Crippen LogP) is 2.82. The van der Waals surface area contributed by atoms with Crippen molar-refractivity contribution in [2.45, 2.75) is 19.3 Å². The third kappa shape index (κ3) is 1.72. The predicted molar refractivity (Wildman–Crippen MR) is 76.6 cm³/mol. The highest BCUT2D eigenvalue weighted by Crippen LogP contribution is 2.28. The second kappa shape index (κ2) is 4.56. The van der Waals surface area contributed by atoms with Crippen LogP contribution in [-0.4, -0.2) is 20.2 Å². The third-order valence-electron chi connectivity index (χ3n) is 3.84. The van der Waals surface area contributed by atoms with Gasteiger partial charge in [-0.1, -0.05) is 42.5 Å². The number of para-hydroxylation sites is 1. The fourth-order valence-electron chi connectivity index (χ4n) is 2.87. The van der Waals surface area contributed by atoms with Crippen molar-refractivity contribution in [3.63, 3.8) is 0 Å². The van der Waals surface area contributed by atoms with E-state index in [-0.39, 0.29) is 0 Å². The maximum absolute atomic E-state index is 4.24. The van der Waals surface area contributed by atoms with Crippen molar-refractivity contribution in [2.24, 2.45) is 0 Å². The molecular weight excluding hydrogens is 248 g/mol. The molecule has 0 bridgehead atoms. The molecule has 3 aromatic rings. The van der Waals surface area contributed by atoms with Gasteiger partial charge in [0.15, 0.2) is 5.82 Å². The molecule has 0 saturated carbocycles. The second-order valence-corrected chi connectivity index (χ2v) is 5.05. The molecule has 4 rings (SSSR count). The number of fused-ring (bicyclic) bond motifs is 5. The number of aromatic nitrogens is 4. The van der Waals surface area contributed by atoms with Crippen LogP contribution in [0.25, 0.3) is 17.1 Å². The van der Waals surface area contributed by atoms with Crippen LogP contribution in [0.2, 0.25) is 0 Å². The molecule has 4 nitrogen and oxygen atoms in total. The van der Waals surface area contributed by atoms with E-state index in [0.717, 1.165) is 36.3 Å². The molecule has 0 fully saturated rings. The van der Waals surface area contributed by atoms with Gasteiger partial charge in [-0.25, -0.2) is 0 Å². The summed E-state index contributed by atoms with van der Waals surface area (Å²) in [5.74, 6) is 0.829. The van der Waals surface area contributed by atoms with Crippen molar-refractivity contribution in [3.05, 3.63) is 59.7 Å². The Morgan fingerprint density at radius 1 is 0.850 bits per heavy atom. The van der Waals surface area contributed by atoms with Crippen LogP contribution in [0.5, 0.6) is 0 Å². The van der Waals surface area contributed by atoms with Crippen LogP contribution in [0.3, 0.4) is 0 Å². The number of tetrazole rings is 1. The highest BCUT2D eigenvalue weighted by Gasteiger charge is 2.18. The first-order valence-electron chi connectivity index (χ1n) is 6.88. The number of hydrogen-bond donors (Lipinski definition) is 0. The van der Waals surface area contributed by atoms with E-state index in [2.05, 4.69) is 51.9 Å². The van der Waals surface area contributed by atoms with Crippen molar-refractivity contribution in [1.29, 1.82) is 0 Å². The number of nitrogens with zero attached hydrogens (tertiary/aromatic N) is 4. The van der Waals surface area contributed by atoms with Gasteiger partial charge in [-0.2, -0.15) is 4.68 Å². The van der Waals surface area contributed by atoms with Gasteiger partial charge in [-0.15, -0.1) is 5.10 Å². The van der Waals surface area contributed by atoms with Crippen molar-refractivity contribution in [1.82, 2.24) is 20.2 Å². The largest absolute Gasteiger partial charge is 0.193 e. The summed E-state index contributed by atoms with van der Waals surface area (Å²) < 4.78 is 1.86. The molecule has 98 valence electrons. The molecule has 2 heterocycles. The van der Waals surface area contributed by atoms with E-state index in [1.807, 2.05) is 16.8 Å². The van der Waals surface area contributed by atoms with E-state index in [1.165, 1.54) is 11.1 Å². The fourth-order valence-corrected chi connectivity index (χ4v) is 2.87. The molecule has 2 aromatic carbocycles. The van der Waals surface area contributed by atoms with E-state index in [1.54, 1.807) is 0 Å². The molecule has 0 unspecified atom stereocenters. The Labute approximate surface area is 117 Å². The number of benzene rings is 2. The lowest BCUT2D eigenvalue weighted by molar-refractivity contribution is 0.772. The Hall–Kier alpha value is -2.49. The van der Waals surface area contributed by atoms with E-state index >= 15 is 0 Å². The van der Waals surface area contributed by atoms with Crippen LogP contribution in [0.15, 0.2) is 48.5 Å². The molecule has 0 amide bonds. The van der Waals surface area contributed by atoms with Gasteiger partial charge >= 0.3 is 0 Å². The lowest BCUT2D eigenvalue weighted by atomic mass is 10.0. The average Bonchev–Trinajstić information content (AvgIpc) is 2.98. The first-order valence-corrected chi connectivity index (χ1v) is 6.88. The van der Waals surface area contributed by atoms with Gasteiger partial charge in [-0.3, -0.25) is 0 Å². The summed E-state index contributed by atoms with van der Waals surface area (Å²) >= 11 is 0. The van der Waals surface area contributed by atoms with Gasteiger partial charge in [0.2, 0.25) is 0 Å². The molecule has 0 radical (unpaired) electrons. The monoisotopic (exact) mass is 262 g/mol. The molecule has 20 heavy (non-hydrogen) atoms. The molecule has 0 saturated heterocycles. The Morgan fingerprint density at radius 2 is 1.60 bits per heavy atom. The van der Waals surface area contributed by atoms with Crippen molar-refractivity contribution in [3.8, 4) is 17.1 Å². The smallest absolute Gasteiger partial charge is 0.187 e. The average molecular weight is 262 g/mol. The number of hydrogen-bond acceptors (Lipinski definition) is 3. The Balaban J connectivity index is 2.01. The van der Waals surface area contributed by atoms with Gasteiger partial charge < -0.3 is 0 Å². The molecule has 1 aliphatic rings. The zero-order valence-corrected chi connectivity index (χ0v) is 11.0. The number of rotatable bonds is 0. The molecule has 0 aliphatic carbocycles. The van der Waals surface area contributed by atoms with Gasteiger partial charge in [0.1, 0.15) is 0 Å². The van der Waals surface area contributed by atoms with Crippen molar-refractivity contribution >= 4 is 0 Å². The summed E-state index contributed by atoms with van der Waals surface area (Å²) in [6.07, 6.45) is 3.23.